The number of aromatic nitrogens is 3. The first-order valence-corrected chi connectivity index (χ1v) is 9.45. The van der Waals surface area contributed by atoms with Gasteiger partial charge in [0.1, 0.15) is 6.10 Å². The zero-order chi connectivity index (χ0) is 18.6. The first kappa shape index (κ1) is 17.5. The van der Waals surface area contributed by atoms with E-state index in [0.29, 0.717) is 12.4 Å². The van der Waals surface area contributed by atoms with Crippen LogP contribution in [0.5, 0.6) is 6.01 Å². The first-order valence-electron chi connectivity index (χ1n) is 9.45. The Labute approximate surface area is 158 Å². The van der Waals surface area contributed by atoms with Crippen molar-refractivity contribution >= 4 is 16.8 Å². The predicted octanol–water partition coefficient (Wildman–Crippen LogP) is 3.02. The molecular weight excluding hydrogens is 340 g/mol. The molecule has 0 radical (unpaired) electrons. The van der Waals surface area contributed by atoms with E-state index in [1.54, 1.807) is 18.5 Å². The number of carbonyl (C=O) groups is 1. The second-order valence-corrected chi connectivity index (χ2v) is 7.15. The predicted molar refractivity (Wildman–Crippen MR) is 103 cm³/mol. The van der Waals surface area contributed by atoms with Crippen molar-refractivity contribution < 1.29 is 9.53 Å². The molecule has 3 aromatic rings. The molecule has 6 heteroatoms. The third-order valence-electron chi connectivity index (χ3n) is 5.18. The van der Waals surface area contributed by atoms with Crippen LogP contribution >= 0.6 is 0 Å². The number of amides is 1. The quantitative estimate of drug-likeness (QED) is 0.756. The third kappa shape index (κ3) is 4.10. The Balaban J connectivity index is 1.29. The van der Waals surface area contributed by atoms with Gasteiger partial charge in [-0.1, -0.05) is 18.2 Å². The molecule has 2 heterocycles. The molecule has 0 bridgehead atoms. The molecule has 6 nitrogen and oxygen atoms in total. The zero-order valence-electron chi connectivity index (χ0n) is 15.5. The van der Waals surface area contributed by atoms with E-state index in [2.05, 4.69) is 38.2 Å². The van der Waals surface area contributed by atoms with Gasteiger partial charge in [0.05, 0.1) is 6.42 Å². The Kier molecular flexibility index (Phi) is 5.05. The number of rotatable bonds is 5. The summed E-state index contributed by atoms with van der Waals surface area (Å²) in [6, 6.07) is 10.6. The van der Waals surface area contributed by atoms with Gasteiger partial charge in [-0.05, 0) is 43.4 Å². The molecule has 1 aliphatic carbocycles. The molecule has 0 unspecified atom stereocenters. The summed E-state index contributed by atoms with van der Waals surface area (Å²) in [6.07, 6.45) is 9.58. The molecule has 27 heavy (non-hydrogen) atoms. The van der Waals surface area contributed by atoms with Crippen molar-refractivity contribution in [3.8, 4) is 6.01 Å². The Morgan fingerprint density at radius 2 is 1.89 bits per heavy atom. The second-order valence-electron chi connectivity index (χ2n) is 7.15. The monoisotopic (exact) mass is 364 g/mol. The number of nitrogens with zero attached hydrogens (tertiary/aromatic N) is 3. The fourth-order valence-corrected chi connectivity index (χ4v) is 3.84. The van der Waals surface area contributed by atoms with Crippen molar-refractivity contribution in [1.29, 1.82) is 0 Å². The number of fused-ring (bicyclic) bond motifs is 1. The highest BCUT2D eigenvalue weighted by atomic mass is 16.5. The van der Waals surface area contributed by atoms with Crippen LogP contribution in [0.15, 0.2) is 48.9 Å². The molecule has 1 saturated carbocycles. The highest BCUT2D eigenvalue weighted by Crippen LogP contribution is 2.23. The van der Waals surface area contributed by atoms with Crippen LogP contribution in [0, 0.1) is 0 Å². The van der Waals surface area contributed by atoms with Crippen LogP contribution in [-0.2, 0) is 18.3 Å². The molecule has 1 amide bonds. The van der Waals surface area contributed by atoms with Crippen LogP contribution in [0.1, 0.15) is 31.2 Å². The minimum absolute atomic E-state index is 0.0853. The van der Waals surface area contributed by atoms with Crippen molar-refractivity contribution in [2.75, 3.05) is 0 Å². The molecule has 0 saturated heterocycles. The SMILES string of the molecule is Cn1cc(CC(=O)NC2CCC(Oc3ncccn3)CC2)c2ccccc21. The van der Waals surface area contributed by atoms with Crippen LogP contribution in [0.3, 0.4) is 0 Å². The topological polar surface area (TPSA) is 69.0 Å². The molecule has 2 aromatic heterocycles. The fourth-order valence-electron chi connectivity index (χ4n) is 3.84. The molecular formula is C21H24N4O2. The average Bonchev–Trinajstić information content (AvgIpc) is 3.00. The van der Waals surface area contributed by atoms with Gasteiger partial charge in [-0.2, -0.15) is 0 Å². The molecule has 0 atom stereocenters. The first-order chi connectivity index (χ1) is 13.2. The summed E-state index contributed by atoms with van der Waals surface area (Å²) in [5.41, 5.74) is 2.23. The summed E-state index contributed by atoms with van der Waals surface area (Å²) in [5.74, 6) is 0.0853. The van der Waals surface area contributed by atoms with Crippen LogP contribution in [0.4, 0.5) is 0 Å². The Hall–Kier alpha value is -2.89. The van der Waals surface area contributed by atoms with Gasteiger partial charge < -0.3 is 14.6 Å². The number of hydrogen-bond donors (Lipinski definition) is 1. The maximum Gasteiger partial charge on any atom is 0.316 e. The van der Waals surface area contributed by atoms with E-state index >= 15 is 0 Å². The lowest BCUT2D eigenvalue weighted by Crippen LogP contribution is -2.40. The standard InChI is InChI=1S/C21H24N4O2/c1-25-14-15(18-5-2-3-6-19(18)25)13-20(26)24-16-7-9-17(10-8-16)27-21-22-11-4-12-23-21/h2-6,11-12,14,16-17H,7-10,13H2,1H3,(H,24,26). The van der Waals surface area contributed by atoms with Crippen molar-refractivity contribution in [2.45, 2.75) is 44.2 Å². The maximum absolute atomic E-state index is 12.5. The van der Waals surface area contributed by atoms with Gasteiger partial charge in [0, 0.05) is 42.6 Å². The number of ether oxygens (including phenoxy) is 1. The van der Waals surface area contributed by atoms with Crippen molar-refractivity contribution in [3.63, 3.8) is 0 Å². The van der Waals surface area contributed by atoms with Crippen LogP contribution in [0.2, 0.25) is 0 Å². The second kappa shape index (κ2) is 7.78. The minimum Gasteiger partial charge on any atom is -0.460 e. The number of hydrogen-bond acceptors (Lipinski definition) is 4. The summed E-state index contributed by atoms with van der Waals surface area (Å²) < 4.78 is 7.89. The average molecular weight is 364 g/mol. The molecule has 0 aliphatic heterocycles. The Morgan fingerprint density at radius 3 is 2.67 bits per heavy atom. The van der Waals surface area contributed by atoms with Crippen LogP contribution < -0.4 is 10.1 Å². The molecule has 140 valence electrons. The molecule has 0 spiro atoms. The van der Waals surface area contributed by atoms with E-state index in [1.165, 1.54) is 0 Å². The smallest absolute Gasteiger partial charge is 0.316 e. The number of nitrogens with one attached hydrogen (secondary N) is 1. The molecule has 1 N–H and O–H groups in total. The van der Waals surface area contributed by atoms with Gasteiger partial charge in [0.15, 0.2) is 0 Å². The molecule has 1 aliphatic rings. The van der Waals surface area contributed by atoms with E-state index in [-0.39, 0.29) is 18.1 Å². The molecule has 4 rings (SSSR count). The fraction of sp³-hybridized carbons (Fsp3) is 0.381. The summed E-state index contributed by atoms with van der Waals surface area (Å²) in [6.45, 7) is 0. The zero-order valence-corrected chi connectivity index (χ0v) is 15.5. The highest BCUT2D eigenvalue weighted by Gasteiger charge is 2.24. The number of aryl methyl sites for hydroxylation is 1. The van der Waals surface area contributed by atoms with Crippen molar-refractivity contribution in [1.82, 2.24) is 19.9 Å². The van der Waals surface area contributed by atoms with E-state index < -0.39 is 0 Å². The third-order valence-corrected chi connectivity index (χ3v) is 5.18. The molecule has 1 fully saturated rings. The normalized spacial score (nSPS) is 19.7. The summed E-state index contributed by atoms with van der Waals surface area (Å²) >= 11 is 0. The lowest BCUT2D eigenvalue weighted by atomic mass is 9.93. The molecule has 1 aromatic carbocycles. The van der Waals surface area contributed by atoms with Gasteiger partial charge in [0.25, 0.3) is 0 Å². The minimum atomic E-state index is 0.0853. The highest BCUT2D eigenvalue weighted by molar-refractivity contribution is 5.89. The number of carbonyl (C=O) groups excluding carboxylic acids is 1. The van der Waals surface area contributed by atoms with E-state index in [4.69, 9.17) is 4.74 Å². The Bertz CT molecular complexity index is 914. The van der Waals surface area contributed by atoms with Crippen LogP contribution in [-0.4, -0.2) is 32.6 Å². The number of benzene rings is 1. The Morgan fingerprint density at radius 1 is 1.15 bits per heavy atom. The van der Waals surface area contributed by atoms with Gasteiger partial charge in [0.2, 0.25) is 5.91 Å². The summed E-state index contributed by atoms with van der Waals surface area (Å²) in [7, 11) is 2.02. The van der Waals surface area contributed by atoms with Crippen molar-refractivity contribution in [2.24, 2.45) is 7.05 Å². The van der Waals surface area contributed by atoms with Gasteiger partial charge in [-0.25, -0.2) is 9.97 Å². The summed E-state index contributed by atoms with van der Waals surface area (Å²) in [4.78, 5) is 20.8. The van der Waals surface area contributed by atoms with E-state index in [0.717, 1.165) is 42.1 Å². The lowest BCUT2D eigenvalue weighted by molar-refractivity contribution is -0.121. The van der Waals surface area contributed by atoms with Crippen molar-refractivity contribution in [3.05, 3.63) is 54.5 Å². The maximum atomic E-state index is 12.5. The largest absolute Gasteiger partial charge is 0.460 e. The lowest BCUT2D eigenvalue weighted by Gasteiger charge is -2.28. The van der Waals surface area contributed by atoms with E-state index in [9.17, 15) is 4.79 Å². The van der Waals surface area contributed by atoms with Gasteiger partial charge in [-0.15, -0.1) is 0 Å². The van der Waals surface area contributed by atoms with Crippen LogP contribution in [0.25, 0.3) is 10.9 Å². The van der Waals surface area contributed by atoms with Gasteiger partial charge >= 0.3 is 6.01 Å². The summed E-state index contributed by atoms with van der Waals surface area (Å²) in [5, 5.41) is 4.34. The number of para-hydroxylation sites is 1. The van der Waals surface area contributed by atoms with E-state index in [1.807, 2.05) is 19.2 Å². The van der Waals surface area contributed by atoms with Gasteiger partial charge in [-0.3, -0.25) is 4.79 Å².